The molecule has 0 saturated carbocycles. The summed E-state index contributed by atoms with van der Waals surface area (Å²) in [5.41, 5.74) is -0.170. The van der Waals surface area contributed by atoms with Crippen molar-refractivity contribution in [2.45, 2.75) is 32.9 Å². The van der Waals surface area contributed by atoms with Gasteiger partial charge in [-0.2, -0.15) is 0 Å². The van der Waals surface area contributed by atoms with Gasteiger partial charge in [0.05, 0.1) is 12.0 Å². The number of carbonyl (C=O) groups excluding carboxylic acids is 1. The molecule has 140 valence electrons. The van der Waals surface area contributed by atoms with Gasteiger partial charge in [0, 0.05) is 30.4 Å². The minimum Gasteiger partial charge on any atom is -0.462 e. The Hall–Kier alpha value is -2.23. The maximum absolute atomic E-state index is 12.7. The third kappa shape index (κ3) is 4.12. The number of hydrogen-bond donors (Lipinski definition) is 2. The molecule has 2 N–H and O–H groups in total. The molecule has 0 spiro atoms. The highest BCUT2D eigenvalue weighted by Crippen LogP contribution is 2.13. The van der Waals surface area contributed by atoms with E-state index in [9.17, 15) is 19.6 Å². The maximum Gasteiger partial charge on any atom is 0.490 e. The van der Waals surface area contributed by atoms with Gasteiger partial charge in [0.1, 0.15) is 11.2 Å². The van der Waals surface area contributed by atoms with E-state index in [4.69, 9.17) is 4.74 Å². The van der Waals surface area contributed by atoms with Gasteiger partial charge in [0.15, 0.2) is 0 Å². The van der Waals surface area contributed by atoms with Crippen LogP contribution in [0.15, 0.2) is 23.3 Å². The number of fused-ring (bicyclic) bond motifs is 1. The molecule has 0 bridgehead atoms. The lowest BCUT2D eigenvalue weighted by Crippen LogP contribution is -2.34. The van der Waals surface area contributed by atoms with Crippen LogP contribution in [0.5, 0.6) is 0 Å². The predicted octanol–water partition coefficient (Wildman–Crippen LogP) is -0.407. The van der Waals surface area contributed by atoms with Crippen LogP contribution >= 0.6 is 0 Å². The van der Waals surface area contributed by atoms with Crippen molar-refractivity contribution >= 4 is 29.6 Å². The molecule has 0 saturated heterocycles. The molecule has 2 rings (SSSR count). The van der Waals surface area contributed by atoms with E-state index in [1.54, 1.807) is 11.5 Å². The molecule has 0 aliphatic heterocycles. The molecule has 1 unspecified atom stereocenters. The summed E-state index contributed by atoms with van der Waals surface area (Å²) in [5, 5.41) is 18.9. The minimum absolute atomic E-state index is 0.0850. The standard InChI is InChI=1S/C17H24BN3O5/c1-5-12(20(3)4)9-21-10-14(17(23)26-6-2)15(22)13-7-11(18(24)25)8-19-16(13)21/h7-8,10,12,24-25H,5-6,9H2,1-4H3. The molecule has 2 aromatic rings. The van der Waals surface area contributed by atoms with Crippen molar-refractivity contribution in [2.24, 2.45) is 0 Å². The van der Waals surface area contributed by atoms with E-state index in [1.165, 1.54) is 18.5 Å². The van der Waals surface area contributed by atoms with Crippen LogP contribution in [0.25, 0.3) is 11.0 Å². The zero-order valence-electron chi connectivity index (χ0n) is 15.5. The molecule has 26 heavy (non-hydrogen) atoms. The largest absolute Gasteiger partial charge is 0.490 e. The molecule has 0 amide bonds. The Labute approximate surface area is 152 Å². The number of carbonyl (C=O) groups is 1. The summed E-state index contributed by atoms with van der Waals surface area (Å²) < 4.78 is 6.73. The fourth-order valence-electron chi connectivity index (χ4n) is 2.81. The smallest absolute Gasteiger partial charge is 0.462 e. The molecular weight excluding hydrogens is 337 g/mol. The SMILES string of the molecule is CCOC(=O)c1cn(CC(CC)N(C)C)c2ncc(B(O)O)cc2c1=O. The molecule has 0 radical (unpaired) electrons. The molecule has 8 nitrogen and oxygen atoms in total. The summed E-state index contributed by atoms with van der Waals surface area (Å²) in [5.74, 6) is -0.707. The lowest BCUT2D eigenvalue weighted by Gasteiger charge is -2.25. The van der Waals surface area contributed by atoms with Crippen LogP contribution in [0.1, 0.15) is 30.6 Å². The van der Waals surface area contributed by atoms with E-state index in [0.717, 1.165) is 6.42 Å². The summed E-state index contributed by atoms with van der Waals surface area (Å²) >= 11 is 0. The van der Waals surface area contributed by atoms with Crippen molar-refractivity contribution in [1.29, 1.82) is 0 Å². The number of rotatable bonds is 7. The highest BCUT2D eigenvalue weighted by Gasteiger charge is 2.21. The third-order valence-corrected chi connectivity index (χ3v) is 4.34. The molecular formula is C17H24BN3O5. The molecule has 0 aromatic carbocycles. The Kier molecular flexibility index (Phi) is 6.52. The van der Waals surface area contributed by atoms with Crippen molar-refractivity contribution in [1.82, 2.24) is 14.5 Å². The van der Waals surface area contributed by atoms with E-state index in [1.807, 2.05) is 14.1 Å². The Bertz CT molecular complexity index is 850. The molecule has 9 heteroatoms. The highest BCUT2D eigenvalue weighted by molar-refractivity contribution is 6.58. The van der Waals surface area contributed by atoms with Gasteiger partial charge in [-0.25, -0.2) is 9.78 Å². The Morgan fingerprint density at radius 1 is 1.38 bits per heavy atom. The molecule has 0 aliphatic rings. The number of nitrogens with zero attached hydrogens (tertiary/aromatic N) is 3. The summed E-state index contributed by atoms with van der Waals surface area (Å²) in [7, 11) is 2.16. The molecule has 0 aliphatic carbocycles. The average molecular weight is 361 g/mol. The van der Waals surface area contributed by atoms with E-state index < -0.39 is 18.5 Å². The average Bonchev–Trinajstić information content (AvgIpc) is 2.60. The van der Waals surface area contributed by atoms with Crippen molar-refractivity contribution < 1.29 is 19.6 Å². The monoisotopic (exact) mass is 361 g/mol. The number of esters is 1. The summed E-state index contributed by atoms with van der Waals surface area (Å²) in [6, 6.07) is 1.52. The number of hydrogen-bond acceptors (Lipinski definition) is 7. The molecule has 0 fully saturated rings. The van der Waals surface area contributed by atoms with Crippen LogP contribution < -0.4 is 10.9 Å². The van der Waals surface area contributed by atoms with Gasteiger partial charge >= 0.3 is 13.1 Å². The first-order valence-corrected chi connectivity index (χ1v) is 8.52. The van der Waals surface area contributed by atoms with Crippen LogP contribution in [0.4, 0.5) is 0 Å². The fraction of sp³-hybridized carbons (Fsp3) is 0.471. The third-order valence-electron chi connectivity index (χ3n) is 4.34. The van der Waals surface area contributed by atoms with E-state index in [0.29, 0.717) is 12.2 Å². The van der Waals surface area contributed by atoms with Gasteiger partial charge in [-0.15, -0.1) is 0 Å². The van der Waals surface area contributed by atoms with E-state index in [2.05, 4.69) is 16.8 Å². The first kappa shape index (κ1) is 20.1. The van der Waals surface area contributed by atoms with E-state index >= 15 is 0 Å². The second kappa shape index (κ2) is 8.44. The lowest BCUT2D eigenvalue weighted by molar-refractivity contribution is 0.0524. The number of pyridine rings is 2. The van der Waals surface area contributed by atoms with Crippen molar-refractivity contribution in [3.05, 3.63) is 34.2 Å². The number of ether oxygens (including phenoxy) is 1. The topological polar surface area (TPSA) is 105 Å². The quantitative estimate of drug-likeness (QED) is 0.510. The first-order chi connectivity index (χ1) is 12.3. The van der Waals surface area contributed by atoms with Crippen LogP contribution in [-0.4, -0.2) is 64.3 Å². The van der Waals surface area contributed by atoms with Gasteiger partial charge in [-0.05, 0) is 33.5 Å². The van der Waals surface area contributed by atoms with Crippen molar-refractivity contribution in [3.63, 3.8) is 0 Å². The maximum atomic E-state index is 12.7. The Morgan fingerprint density at radius 3 is 2.62 bits per heavy atom. The number of aromatic nitrogens is 2. The van der Waals surface area contributed by atoms with Crippen LogP contribution in [-0.2, 0) is 11.3 Å². The lowest BCUT2D eigenvalue weighted by atomic mass is 9.81. The highest BCUT2D eigenvalue weighted by atomic mass is 16.5. The molecule has 1 atom stereocenters. The van der Waals surface area contributed by atoms with Gasteiger partial charge in [-0.1, -0.05) is 6.92 Å². The number of likely N-dealkylation sites (N-methyl/N-ethyl adjacent to an activating group) is 1. The zero-order valence-corrected chi connectivity index (χ0v) is 15.5. The van der Waals surface area contributed by atoms with Crippen molar-refractivity contribution in [3.8, 4) is 0 Å². The van der Waals surface area contributed by atoms with E-state index in [-0.39, 0.29) is 29.1 Å². The molecule has 2 heterocycles. The van der Waals surface area contributed by atoms with Crippen LogP contribution in [0, 0.1) is 0 Å². The summed E-state index contributed by atoms with van der Waals surface area (Å²) in [6.45, 7) is 4.38. The van der Waals surface area contributed by atoms with Crippen molar-refractivity contribution in [2.75, 3.05) is 20.7 Å². The van der Waals surface area contributed by atoms with Gasteiger partial charge in [0.2, 0.25) is 5.43 Å². The summed E-state index contributed by atoms with van der Waals surface area (Å²) in [4.78, 5) is 31.2. The van der Waals surface area contributed by atoms with Gasteiger partial charge in [-0.3, -0.25) is 4.79 Å². The van der Waals surface area contributed by atoms with Gasteiger partial charge in [0.25, 0.3) is 0 Å². The zero-order chi connectivity index (χ0) is 19.4. The first-order valence-electron chi connectivity index (χ1n) is 8.52. The van der Waals surface area contributed by atoms with Crippen LogP contribution in [0.3, 0.4) is 0 Å². The van der Waals surface area contributed by atoms with Crippen LogP contribution in [0.2, 0.25) is 0 Å². The Morgan fingerprint density at radius 2 is 2.08 bits per heavy atom. The second-order valence-electron chi connectivity index (χ2n) is 6.28. The Balaban J connectivity index is 2.70. The predicted molar refractivity (Wildman–Crippen MR) is 99.6 cm³/mol. The summed E-state index contributed by atoms with van der Waals surface area (Å²) in [6.07, 6.45) is 3.64. The van der Waals surface area contributed by atoms with Gasteiger partial charge < -0.3 is 24.3 Å². The molecule has 2 aromatic heterocycles. The minimum atomic E-state index is -1.75. The normalized spacial score (nSPS) is 12.4. The second-order valence-corrected chi connectivity index (χ2v) is 6.28. The fourth-order valence-corrected chi connectivity index (χ4v) is 2.81.